The van der Waals surface area contributed by atoms with Gasteiger partial charge >= 0.3 is 5.97 Å². The number of hydrogen-bond acceptors (Lipinski definition) is 3. The SMILES string of the molecule is Cc1cc(N2CCCCC2C)c(C(=O)O)cn1. The van der Waals surface area contributed by atoms with Crippen molar-refractivity contribution in [1.29, 1.82) is 0 Å². The van der Waals surface area contributed by atoms with Gasteiger partial charge < -0.3 is 10.0 Å². The third-order valence-electron chi connectivity index (χ3n) is 3.36. The zero-order valence-corrected chi connectivity index (χ0v) is 10.3. The van der Waals surface area contributed by atoms with Crippen LogP contribution in [0.25, 0.3) is 0 Å². The van der Waals surface area contributed by atoms with E-state index in [2.05, 4.69) is 16.8 Å². The smallest absolute Gasteiger partial charge is 0.339 e. The second kappa shape index (κ2) is 4.73. The number of aromatic nitrogens is 1. The number of aromatic carboxylic acids is 1. The molecule has 1 aliphatic heterocycles. The molecule has 92 valence electrons. The predicted octanol–water partition coefficient (Wildman–Crippen LogP) is 2.47. The fraction of sp³-hybridized carbons (Fsp3) is 0.538. The Bertz CT molecular complexity index is 431. The van der Waals surface area contributed by atoms with Crippen LogP contribution < -0.4 is 4.90 Å². The van der Waals surface area contributed by atoms with Crippen molar-refractivity contribution < 1.29 is 9.90 Å². The van der Waals surface area contributed by atoms with Gasteiger partial charge in [0.2, 0.25) is 0 Å². The molecule has 2 heterocycles. The van der Waals surface area contributed by atoms with Crippen LogP contribution in [0.2, 0.25) is 0 Å². The summed E-state index contributed by atoms with van der Waals surface area (Å²) in [6.45, 7) is 4.98. The van der Waals surface area contributed by atoms with Crippen molar-refractivity contribution in [3.05, 3.63) is 23.5 Å². The van der Waals surface area contributed by atoms with Crippen LogP contribution in [-0.4, -0.2) is 28.6 Å². The molecule has 1 atom stereocenters. The lowest BCUT2D eigenvalue weighted by atomic mass is 10.0. The number of pyridine rings is 1. The van der Waals surface area contributed by atoms with E-state index >= 15 is 0 Å². The molecular formula is C13H18N2O2. The quantitative estimate of drug-likeness (QED) is 0.854. The van der Waals surface area contributed by atoms with Crippen LogP contribution in [0.3, 0.4) is 0 Å². The van der Waals surface area contributed by atoms with Gasteiger partial charge in [-0.05, 0) is 39.2 Å². The summed E-state index contributed by atoms with van der Waals surface area (Å²) in [6, 6.07) is 2.29. The van der Waals surface area contributed by atoms with E-state index in [1.54, 1.807) is 0 Å². The summed E-state index contributed by atoms with van der Waals surface area (Å²) in [4.78, 5) is 17.5. The van der Waals surface area contributed by atoms with Crippen molar-refractivity contribution in [2.75, 3.05) is 11.4 Å². The second-order valence-electron chi connectivity index (χ2n) is 4.69. The van der Waals surface area contributed by atoms with E-state index in [-0.39, 0.29) is 0 Å². The topological polar surface area (TPSA) is 53.4 Å². The van der Waals surface area contributed by atoms with Crippen molar-refractivity contribution in [2.45, 2.75) is 39.2 Å². The van der Waals surface area contributed by atoms with Crippen molar-refractivity contribution in [3.8, 4) is 0 Å². The van der Waals surface area contributed by atoms with E-state index < -0.39 is 5.97 Å². The molecule has 0 spiro atoms. The maximum absolute atomic E-state index is 11.2. The number of carboxylic acids is 1. The molecule has 1 N–H and O–H groups in total. The maximum atomic E-state index is 11.2. The minimum atomic E-state index is -0.898. The van der Waals surface area contributed by atoms with E-state index in [4.69, 9.17) is 0 Å². The largest absolute Gasteiger partial charge is 0.478 e. The Labute approximate surface area is 101 Å². The standard InChI is InChI=1S/C13H18N2O2/c1-9-7-12(11(8-14-9)13(16)17)15-6-4-3-5-10(15)2/h7-8,10H,3-6H2,1-2H3,(H,16,17). The fourth-order valence-corrected chi connectivity index (χ4v) is 2.40. The summed E-state index contributed by atoms with van der Waals surface area (Å²) in [5.41, 5.74) is 1.99. The average Bonchev–Trinajstić information content (AvgIpc) is 2.29. The second-order valence-corrected chi connectivity index (χ2v) is 4.69. The third-order valence-corrected chi connectivity index (χ3v) is 3.36. The summed E-state index contributed by atoms with van der Waals surface area (Å²) in [6.07, 6.45) is 4.95. The summed E-state index contributed by atoms with van der Waals surface area (Å²) in [7, 11) is 0. The fourth-order valence-electron chi connectivity index (χ4n) is 2.40. The van der Waals surface area contributed by atoms with Crippen molar-refractivity contribution >= 4 is 11.7 Å². The molecule has 0 radical (unpaired) electrons. The molecular weight excluding hydrogens is 216 g/mol. The molecule has 4 heteroatoms. The highest BCUT2D eigenvalue weighted by Crippen LogP contribution is 2.28. The lowest BCUT2D eigenvalue weighted by Gasteiger charge is -2.36. The first-order valence-electron chi connectivity index (χ1n) is 6.06. The lowest BCUT2D eigenvalue weighted by Crippen LogP contribution is -2.38. The van der Waals surface area contributed by atoms with E-state index in [1.807, 2.05) is 13.0 Å². The molecule has 1 unspecified atom stereocenters. The Morgan fingerprint density at radius 3 is 2.94 bits per heavy atom. The van der Waals surface area contributed by atoms with Gasteiger partial charge in [0.1, 0.15) is 5.56 Å². The number of nitrogens with zero attached hydrogens (tertiary/aromatic N) is 2. The number of carbonyl (C=O) groups is 1. The number of aryl methyl sites for hydroxylation is 1. The summed E-state index contributed by atoms with van der Waals surface area (Å²) >= 11 is 0. The average molecular weight is 234 g/mol. The molecule has 1 fully saturated rings. The van der Waals surface area contributed by atoms with Crippen LogP contribution >= 0.6 is 0 Å². The molecule has 17 heavy (non-hydrogen) atoms. The molecule has 2 rings (SSSR count). The highest BCUT2D eigenvalue weighted by Gasteiger charge is 2.23. The van der Waals surface area contributed by atoms with Gasteiger partial charge in [0, 0.05) is 24.5 Å². The first-order chi connectivity index (χ1) is 8.09. The van der Waals surface area contributed by atoms with E-state index in [1.165, 1.54) is 12.6 Å². The van der Waals surface area contributed by atoms with Gasteiger partial charge in [-0.1, -0.05) is 0 Å². The Morgan fingerprint density at radius 1 is 1.53 bits per heavy atom. The number of rotatable bonds is 2. The Balaban J connectivity index is 2.41. The molecule has 4 nitrogen and oxygen atoms in total. The van der Waals surface area contributed by atoms with Crippen molar-refractivity contribution in [3.63, 3.8) is 0 Å². The van der Waals surface area contributed by atoms with Gasteiger partial charge in [0.25, 0.3) is 0 Å². The Kier molecular flexibility index (Phi) is 3.31. The predicted molar refractivity (Wildman–Crippen MR) is 66.6 cm³/mol. The van der Waals surface area contributed by atoms with Crippen molar-refractivity contribution in [1.82, 2.24) is 4.98 Å². The van der Waals surface area contributed by atoms with Crippen LogP contribution in [0, 0.1) is 6.92 Å². The van der Waals surface area contributed by atoms with Gasteiger partial charge in [-0.3, -0.25) is 4.98 Å². The number of hydrogen-bond donors (Lipinski definition) is 1. The Morgan fingerprint density at radius 2 is 2.29 bits per heavy atom. The molecule has 1 aromatic rings. The minimum absolute atomic E-state index is 0.310. The van der Waals surface area contributed by atoms with Gasteiger partial charge in [0.15, 0.2) is 0 Å². The summed E-state index contributed by atoms with van der Waals surface area (Å²) < 4.78 is 0. The van der Waals surface area contributed by atoms with E-state index in [9.17, 15) is 9.90 Å². The van der Waals surface area contributed by atoms with Crippen LogP contribution in [0.15, 0.2) is 12.3 Å². The molecule has 1 aromatic heterocycles. The number of carboxylic acid groups (broad SMARTS) is 1. The first-order valence-corrected chi connectivity index (χ1v) is 6.06. The van der Waals surface area contributed by atoms with Gasteiger partial charge in [-0.15, -0.1) is 0 Å². The number of piperidine rings is 1. The number of anilines is 1. The normalized spacial score (nSPS) is 20.4. The van der Waals surface area contributed by atoms with Crippen molar-refractivity contribution in [2.24, 2.45) is 0 Å². The van der Waals surface area contributed by atoms with E-state index in [0.717, 1.165) is 30.8 Å². The molecule has 0 aliphatic carbocycles. The Hall–Kier alpha value is -1.58. The summed E-state index contributed by atoms with van der Waals surface area (Å²) in [5.74, 6) is -0.898. The lowest BCUT2D eigenvalue weighted by molar-refractivity contribution is 0.0697. The van der Waals surface area contributed by atoms with Crippen LogP contribution in [0.1, 0.15) is 42.2 Å². The zero-order valence-electron chi connectivity index (χ0n) is 10.3. The summed E-state index contributed by atoms with van der Waals surface area (Å²) in [5, 5.41) is 9.21. The maximum Gasteiger partial charge on any atom is 0.339 e. The monoisotopic (exact) mass is 234 g/mol. The van der Waals surface area contributed by atoms with Crippen LogP contribution in [-0.2, 0) is 0 Å². The molecule has 0 bridgehead atoms. The first kappa shape index (κ1) is 11.9. The van der Waals surface area contributed by atoms with Crippen LogP contribution in [0.4, 0.5) is 5.69 Å². The molecule has 1 aliphatic rings. The van der Waals surface area contributed by atoms with Gasteiger partial charge in [0.05, 0.1) is 5.69 Å². The third kappa shape index (κ3) is 2.40. The van der Waals surface area contributed by atoms with E-state index in [0.29, 0.717) is 11.6 Å². The van der Waals surface area contributed by atoms with Gasteiger partial charge in [-0.2, -0.15) is 0 Å². The zero-order chi connectivity index (χ0) is 12.4. The highest BCUT2D eigenvalue weighted by molar-refractivity contribution is 5.94. The molecule has 0 amide bonds. The van der Waals surface area contributed by atoms with Crippen LogP contribution in [0.5, 0.6) is 0 Å². The molecule has 0 saturated carbocycles. The molecule has 0 aromatic carbocycles. The molecule has 1 saturated heterocycles. The minimum Gasteiger partial charge on any atom is -0.478 e. The van der Waals surface area contributed by atoms with Gasteiger partial charge in [-0.25, -0.2) is 4.79 Å². The highest BCUT2D eigenvalue weighted by atomic mass is 16.4.